The molecule has 110 valence electrons. The van der Waals surface area contributed by atoms with Crippen LogP contribution in [0, 0.1) is 6.92 Å². The van der Waals surface area contributed by atoms with E-state index in [-0.39, 0.29) is 11.7 Å². The third-order valence-corrected chi connectivity index (χ3v) is 3.53. The molecule has 0 spiro atoms. The van der Waals surface area contributed by atoms with Crippen molar-refractivity contribution in [1.82, 2.24) is 4.98 Å². The molecule has 21 heavy (non-hydrogen) atoms. The molecule has 4 nitrogen and oxygen atoms in total. The number of benzene rings is 1. The van der Waals surface area contributed by atoms with Gasteiger partial charge in [-0.2, -0.15) is 0 Å². The van der Waals surface area contributed by atoms with Crippen LogP contribution < -0.4 is 4.74 Å². The van der Waals surface area contributed by atoms with Gasteiger partial charge in [0.15, 0.2) is 0 Å². The fourth-order valence-corrected chi connectivity index (χ4v) is 2.10. The first-order valence-corrected chi connectivity index (χ1v) is 6.98. The minimum atomic E-state index is -0.970. The Morgan fingerprint density at radius 1 is 1.29 bits per heavy atom. The number of carboxylic acids is 1. The Hall–Kier alpha value is -2.36. The van der Waals surface area contributed by atoms with Crippen molar-refractivity contribution in [3.8, 4) is 16.9 Å². The average molecular weight is 285 g/mol. The highest BCUT2D eigenvalue weighted by molar-refractivity contribution is 5.91. The van der Waals surface area contributed by atoms with E-state index in [0.29, 0.717) is 5.56 Å². The Bertz CT molecular complexity index is 652. The first-order valence-electron chi connectivity index (χ1n) is 6.98. The fourth-order valence-electron chi connectivity index (χ4n) is 2.10. The van der Waals surface area contributed by atoms with E-state index in [2.05, 4.69) is 11.9 Å². The van der Waals surface area contributed by atoms with Gasteiger partial charge in [0.2, 0.25) is 0 Å². The van der Waals surface area contributed by atoms with Crippen LogP contribution in [0.5, 0.6) is 5.75 Å². The van der Waals surface area contributed by atoms with E-state index in [0.717, 1.165) is 23.3 Å². The number of rotatable bonds is 5. The number of nitrogens with zero attached hydrogens (tertiary/aromatic N) is 1. The summed E-state index contributed by atoms with van der Waals surface area (Å²) >= 11 is 0. The molecule has 0 saturated heterocycles. The number of hydrogen-bond acceptors (Lipinski definition) is 3. The van der Waals surface area contributed by atoms with Crippen LogP contribution in [-0.2, 0) is 0 Å². The lowest BCUT2D eigenvalue weighted by Gasteiger charge is -2.17. The van der Waals surface area contributed by atoms with Gasteiger partial charge in [0.25, 0.3) is 0 Å². The first-order chi connectivity index (χ1) is 10.0. The first kappa shape index (κ1) is 15.0. The Morgan fingerprint density at radius 2 is 2.00 bits per heavy atom. The highest BCUT2D eigenvalue weighted by Gasteiger charge is 2.15. The van der Waals surface area contributed by atoms with Gasteiger partial charge in [-0.3, -0.25) is 4.98 Å². The maximum absolute atomic E-state index is 11.2. The molecule has 0 radical (unpaired) electrons. The summed E-state index contributed by atoms with van der Waals surface area (Å²) in [6.45, 7) is 5.86. The third-order valence-electron chi connectivity index (χ3n) is 3.53. The van der Waals surface area contributed by atoms with Gasteiger partial charge in [0.05, 0.1) is 11.7 Å². The van der Waals surface area contributed by atoms with E-state index < -0.39 is 5.97 Å². The number of pyridine rings is 1. The second-order valence-electron chi connectivity index (χ2n) is 5.00. The minimum Gasteiger partial charge on any atom is -0.490 e. The molecule has 1 atom stereocenters. The Balaban J connectivity index is 2.52. The molecule has 1 heterocycles. The van der Waals surface area contributed by atoms with Gasteiger partial charge in [0, 0.05) is 23.5 Å². The van der Waals surface area contributed by atoms with Crippen LogP contribution in [0.25, 0.3) is 11.1 Å². The van der Waals surface area contributed by atoms with E-state index in [9.17, 15) is 9.90 Å². The lowest BCUT2D eigenvalue weighted by molar-refractivity contribution is 0.0695. The van der Waals surface area contributed by atoms with Crippen molar-refractivity contribution >= 4 is 5.97 Å². The van der Waals surface area contributed by atoms with Crippen molar-refractivity contribution in [2.45, 2.75) is 33.3 Å². The van der Waals surface area contributed by atoms with Crippen LogP contribution in [-0.4, -0.2) is 22.2 Å². The van der Waals surface area contributed by atoms with Crippen molar-refractivity contribution in [3.05, 3.63) is 47.8 Å². The lowest BCUT2D eigenvalue weighted by atomic mass is 9.98. The molecule has 0 bridgehead atoms. The fraction of sp³-hybridized carbons (Fsp3) is 0.294. The molecule has 2 rings (SSSR count). The van der Waals surface area contributed by atoms with Crippen molar-refractivity contribution in [1.29, 1.82) is 0 Å². The van der Waals surface area contributed by atoms with Crippen LogP contribution >= 0.6 is 0 Å². The average Bonchev–Trinajstić information content (AvgIpc) is 2.48. The Morgan fingerprint density at radius 3 is 2.67 bits per heavy atom. The summed E-state index contributed by atoms with van der Waals surface area (Å²) in [4.78, 5) is 15.3. The maximum atomic E-state index is 11.2. The second-order valence-corrected chi connectivity index (χ2v) is 5.00. The SMILES string of the molecule is CCC(C)Oc1ccccc1-c1cncc(C(=O)O)c1C. The van der Waals surface area contributed by atoms with E-state index >= 15 is 0 Å². The molecule has 0 aliphatic carbocycles. The molecule has 2 aromatic rings. The zero-order chi connectivity index (χ0) is 15.4. The van der Waals surface area contributed by atoms with E-state index in [1.54, 1.807) is 13.1 Å². The molecule has 1 unspecified atom stereocenters. The van der Waals surface area contributed by atoms with Gasteiger partial charge in [-0.25, -0.2) is 4.79 Å². The molecular formula is C17H19NO3. The molecule has 0 saturated carbocycles. The van der Waals surface area contributed by atoms with Gasteiger partial charge in [-0.05, 0) is 31.9 Å². The van der Waals surface area contributed by atoms with Crippen LogP contribution in [0.4, 0.5) is 0 Å². The van der Waals surface area contributed by atoms with E-state index in [4.69, 9.17) is 4.74 Å². The number of carboxylic acid groups (broad SMARTS) is 1. The summed E-state index contributed by atoms with van der Waals surface area (Å²) in [5.41, 5.74) is 2.56. The summed E-state index contributed by atoms with van der Waals surface area (Å²) < 4.78 is 5.93. The summed E-state index contributed by atoms with van der Waals surface area (Å²) in [6.07, 6.45) is 4.06. The molecule has 1 aromatic carbocycles. The zero-order valence-corrected chi connectivity index (χ0v) is 12.5. The predicted octanol–water partition coefficient (Wildman–Crippen LogP) is 3.93. The summed E-state index contributed by atoms with van der Waals surface area (Å²) in [6, 6.07) is 7.64. The van der Waals surface area contributed by atoms with E-state index in [1.807, 2.05) is 31.2 Å². The van der Waals surface area contributed by atoms with E-state index in [1.165, 1.54) is 6.20 Å². The van der Waals surface area contributed by atoms with Crippen LogP contribution in [0.1, 0.15) is 36.2 Å². The maximum Gasteiger partial charge on any atom is 0.337 e. The topological polar surface area (TPSA) is 59.4 Å². The number of aromatic nitrogens is 1. The van der Waals surface area contributed by atoms with Gasteiger partial charge in [-0.15, -0.1) is 0 Å². The normalized spacial score (nSPS) is 12.0. The summed E-state index contributed by atoms with van der Waals surface area (Å²) in [5, 5.41) is 9.22. The standard InChI is InChI=1S/C17H19NO3/c1-4-11(2)21-16-8-6-5-7-13(16)14-9-18-10-15(12(14)3)17(19)20/h5-11H,4H2,1-3H3,(H,19,20). The summed E-state index contributed by atoms with van der Waals surface area (Å²) in [7, 11) is 0. The van der Waals surface area contributed by atoms with Gasteiger partial charge < -0.3 is 9.84 Å². The quantitative estimate of drug-likeness (QED) is 0.904. The number of carbonyl (C=O) groups is 1. The largest absolute Gasteiger partial charge is 0.490 e. The van der Waals surface area contributed by atoms with Gasteiger partial charge in [-0.1, -0.05) is 25.1 Å². The minimum absolute atomic E-state index is 0.0991. The van der Waals surface area contributed by atoms with Gasteiger partial charge >= 0.3 is 5.97 Å². The molecular weight excluding hydrogens is 266 g/mol. The van der Waals surface area contributed by atoms with Crippen LogP contribution in [0.15, 0.2) is 36.7 Å². The van der Waals surface area contributed by atoms with Crippen molar-refractivity contribution in [2.75, 3.05) is 0 Å². The molecule has 0 fully saturated rings. The lowest BCUT2D eigenvalue weighted by Crippen LogP contribution is -2.10. The summed E-state index contributed by atoms with van der Waals surface area (Å²) in [5.74, 6) is -0.221. The third kappa shape index (κ3) is 3.21. The predicted molar refractivity (Wildman–Crippen MR) is 81.8 cm³/mol. The Labute approximate surface area is 124 Å². The second kappa shape index (κ2) is 6.39. The number of aromatic carboxylic acids is 1. The van der Waals surface area contributed by atoms with Crippen molar-refractivity contribution < 1.29 is 14.6 Å². The molecule has 0 aliphatic rings. The highest BCUT2D eigenvalue weighted by Crippen LogP contribution is 2.33. The van der Waals surface area contributed by atoms with Crippen LogP contribution in [0.2, 0.25) is 0 Å². The number of para-hydroxylation sites is 1. The molecule has 1 N–H and O–H groups in total. The number of hydrogen-bond donors (Lipinski definition) is 1. The molecule has 0 amide bonds. The van der Waals surface area contributed by atoms with Crippen molar-refractivity contribution in [2.24, 2.45) is 0 Å². The highest BCUT2D eigenvalue weighted by atomic mass is 16.5. The smallest absolute Gasteiger partial charge is 0.337 e. The zero-order valence-electron chi connectivity index (χ0n) is 12.5. The van der Waals surface area contributed by atoms with Crippen LogP contribution in [0.3, 0.4) is 0 Å². The molecule has 4 heteroatoms. The molecule has 0 aliphatic heterocycles. The monoisotopic (exact) mass is 285 g/mol. The molecule has 1 aromatic heterocycles. The van der Waals surface area contributed by atoms with Gasteiger partial charge in [0.1, 0.15) is 5.75 Å². The van der Waals surface area contributed by atoms with Crippen molar-refractivity contribution in [3.63, 3.8) is 0 Å². The Kier molecular flexibility index (Phi) is 4.58. The number of ether oxygens (including phenoxy) is 1.